The number of halogens is 1. The summed E-state index contributed by atoms with van der Waals surface area (Å²) in [5.41, 5.74) is 3.40. The predicted octanol–water partition coefficient (Wildman–Crippen LogP) is 4.24. The van der Waals surface area contributed by atoms with Gasteiger partial charge >= 0.3 is 0 Å². The largest absolute Gasteiger partial charge is 0.349 e. The summed E-state index contributed by atoms with van der Waals surface area (Å²) in [5, 5.41) is 9.66. The van der Waals surface area contributed by atoms with E-state index in [0.717, 1.165) is 16.8 Å². The number of nitriles is 1. The topological polar surface area (TPSA) is 39.6 Å². The predicted molar refractivity (Wildman–Crippen MR) is 71.5 cm³/mol. The lowest BCUT2D eigenvalue weighted by molar-refractivity contribution is 1.17. The van der Waals surface area contributed by atoms with E-state index in [1.807, 2.05) is 31.2 Å². The molecule has 84 valence electrons. The van der Waals surface area contributed by atoms with Crippen LogP contribution in [0.4, 0.5) is 0 Å². The highest BCUT2D eigenvalue weighted by molar-refractivity contribution is 7.71. The average Bonchev–Trinajstić information content (AvgIpc) is 2.31. The molecule has 1 aromatic heterocycles. The Kier molecular flexibility index (Phi) is 3.28. The van der Waals surface area contributed by atoms with Crippen LogP contribution in [0.2, 0.25) is 5.02 Å². The number of H-pyrrole nitrogens is 1. The quantitative estimate of drug-likeness (QED) is 0.779. The molecule has 1 N–H and O–H groups in total. The Balaban J connectivity index is 2.64. The minimum atomic E-state index is 0.475. The van der Waals surface area contributed by atoms with Crippen LogP contribution in [0.1, 0.15) is 11.3 Å². The molecular formula is C13H9ClN2S. The number of nitrogens with zero attached hydrogens (tertiary/aromatic N) is 1. The lowest BCUT2D eigenvalue weighted by Gasteiger charge is -2.07. The first-order valence-corrected chi connectivity index (χ1v) is 5.80. The van der Waals surface area contributed by atoms with Crippen LogP contribution in [-0.4, -0.2) is 4.98 Å². The Morgan fingerprint density at radius 3 is 2.53 bits per heavy atom. The lowest BCUT2D eigenvalue weighted by atomic mass is 10.0. The maximum atomic E-state index is 8.97. The zero-order valence-electron chi connectivity index (χ0n) is 9.12. The van der Waals surface area contributed by atoms with Gasteiger partial charge in [0.25, 0.3) is 0 Å². The zero-order chi connectivity index (χ0) is 12.4. The van der Waals surface area contributed by atoms with E-state index in [2.05, 4.69) is 11.1 Å². The molecule has 0 radical (unpaired) electrons. The number of pyridine rings is 1. The van der Waals surface area contributed by atoms with Crippen LogP contribution in [0.25, 0.3) is 11.1 Å². The van der Waals surface area contributed by atoms with Crippen molar-refractivity contribution in [2.45, 2.75) is 6.92 Å². The van der Waals surface area contributed by atoms with E-state index < -0.39 is 0 Å². The number of aromatic nitrogens is 1. The summed E-state index contributed by atoms with van der Waals surface area (Å²) in [6, 6.07) is 11.4. The van der Waals surface area contributed by atoms with Crippen molar-refractivity contribution < 1.29 is 0 Å². The molecule has 0 bridgehead atoms. The molecule has 0 saturated carbocycles. The Morgan fingerprint density at radius 1 is 1.29 bits per heavy atom. The molecule has 1 aromatic carbocycles. The van der Waals surface area contributed by atoms with Crippen molar-refractivity contribution in [2.24, 2.45) is 0 Å². The van der Waals surface area contributed by atoms with Gasteiger partial charge in [0.1, 0.15) is 10.7 Å². The van der Waals surface area contributed by atoms with Crippen LogP contribution >= 0.6 is 23.8 Å². The Bertz CT molecular complexity index is 651. The summed E-state index contributed by atoms with van der Waals surface area (Å²) >= 11 is 10.9. The highest BCUT2D eigenvalue weighted by atomic mass is 35.5. The van der Waals surface area contributed by atoms with Crippen LogP contribution in [0.3, 0.4) is 0 Å². The highest BCUT2D eigenvalue weighted by Crippen LogP contribution is 2.24. The highest BCUT2D eigenvalue weighted by Gasteiger charge is 2.05. The molecule has 2 rings (SSSR count). The number of aryl methyl sites for hydroxylation is 1. The van der Waals surface area contributed by atoms with Gasteiger partial charge in [0.05, 0.1) is 5.56 Å². The molecule has 0 fully saturated rings. The smallest absolute Gasteiger partial charge is 0.121 e. The van der Waals surface area contributed by atoms with Gasteiger partial charge in [-0.05, 0) is 30.7 Å². The third-order valence-corrected chi connectivity index (χ3v) is 3.09. The van der Waals surface area contributed by atoms with Crippen molar-refractivity contribution in [3.8, 4) is 17.2 Å². The number of hydrogen-bond acceptors (Lipinski definition) is 2. The van der Waals surface area contributed by atoms with Gasteiger partial charge in [-0.2, -0.15) is 5.26 Å². The van der Waals surface area contributed by atoms with Crippen molar-refractivity contribution in [3.05, 3.63) is 51.3 Å². The summed E-state index contributed by atoms with van der Waals surface area (Å²) < 4.78 is 0.475. The summed E-state index contributed by atoms with van der Waals surface area (Å²) in [5.74, 6) is 0. The van der Waals surface area contributed by atoms with Gasteiger partial charge in [0.2, 0.25) is 0 Å². The van der Waals surface area contributed by atoms with E-state index in [9.17, 15) is 0 Å². The first kappa shape index (κ1) is 11.8. The van der Waals surface area contributed by atoms with Crippen LogP contribution in [0.15, 0.2) is 30.3 Å². The molecule has 0 saturated heterocycles. The second-order valence-corrected chi connectivity index (χ2v) is 4.51. The third-order valence-electron chi connectivity index (χ3n) is 2.51. The van der Waals surface area contributed by atoms with Crippen LogP contribution in [-0.2, 0) is 0 Å². The third kappa shape index (κ3) is 2.38. The molecule has 0 unspecified atom stereocenters. The van der Waals surface area contributed by atoms with Gasteiger partial charge in [-0.1, -0.05) is 36.0 Å². The molecule has 0 atom stereocenters. The molecule has 0 aliphatic carbocycles. The van der Waals surface area contributed by atoms with Gasteiger partial charge in [-0.3, -0.25) is 0 Å². The SMILES string of the molecule is Cc1[nH]c(=S)c(C#N)cc1-c1ccc(Cl)cc1. The molecule has 2 nitrogen and oxygen atoms in total. The van der Waals surface area contributed by atoms with E-state index >= 15 is 0 Å². The van der Waals surface area contributed by atoms with E-state index in [4.69, 9.17) is 29.1 Å². The van der Waals surface area contributed by atoms with E-state index in [1.54, 1.807) is 6.07 Å². The average molecular weight is 261 g/mol. The Morgan fingerprint density at radius 2 is 1.94 bits per heavy atom. The van der Waals surface area contributed by atoms with Crippen molar-refractivity contribution in [2.75, 3.05) is 0 Å². The molecule has 0 aliphatic heterocycles. The Labute approximate surface area is 109 Å². The second-order valence-electron chi connectivity index (χ2n) is 3.67. The summed E-state index contributed by atoms with van der Waals surface area (Å²) in [6.45, 7) is 1.93. The van der Waals surface area contributed by atoms with Gasteiger partial charge in [0, 0.05) is 16.3 Å². The van der Waals surface area contributed by atoms with Crippen molar-refractivity contribution in [3.63, 3.8) is 0 Å². The molecule has 0 spiro atoms. The minimum Gasteiger partial charge on any atom is -0.349 e. The maximum absolute atomic E-state index is 8.97. The fourth-order valence-corrected chi connectivity index (χ4v) is 2.02. The van der Waals surface area contributed by atoms with E-state index in [1.165, 1.54) is 0 Å². The van der Waals surface area contributed by atoms with Crippen molar-refractivity contribution in [1.29, 1.82) is 5.26 Å². The number of nitrogens with one attached hydrogen (secondary N) is 1. The van der Waals surface area contributed by atoms with Crippen molar-refractivity contribution in [1.82, 2.24) is 4.98 Å². The molecule has 0 amide bonds. The lowest BCUT2D eigenvalue weighted by Crippen LogP contribution is -1.91. The Hall–Kier alpha value is -1.63. The van der Waals surface area contributed by atoms with E-state index in [-0.39, 0.29) is 0 Å². The van der Waals surface area contributed by atoms with Gasteiger partial charge in [-0.15, -0.1) is 0 Å². The zero-order valence-corrected chi connectivity index (χ0v) is 10.7. The van der Waals surface area contributed by atoms with Gasteiger partial charge in [0.15, 0.2) is 0 Å². The standard InChI is InChI=1S/C13H9ClN2S/c1-8-12(6-10(7-15)13(17)16-8)9-2-4-11(14)5-3-9/h2-6H,1H3,(H,16,17). The van der Waals surface area contributed by atoms with Gasteiger partial charge < -0.3 is 4.98 Å². The number of benzene rings is 1. The maximum Gasteiger partial charge on any atom is 0.121 e. The minimum absolute atomic E-state index is 0.475. The summed E-state index contributed by atoms with van der Waals surface area (Å²) in [6.07, 6.45) is 0. The number of aromatic amines is 1. The van der Waals surface area contributed by atoms with Crippen LogP contribution in [0, 0.1) is 22.9 Å². The monoisotopic (exact) mass is 260 g/mol. The molecule has 2 aromatic rings. The fourth-order valence-electron chi connectivity index (χ4n) is 1.64. The number of rotatable bonds is 1. The van der Waals surface area contributed by atoms with Crippen LogP contribution in [0.5, 0.6) is 0 Å². The number of hydrogen-bond donors (Lipinski definition) is 1. The van der Waals surface area contributed by atoms with Gasteiger partial charge in [-0.25, -0.2) is 0 Å². The van der Waals surface area contributed by atoms with E-state index in [0.29, 0.717) is 15.2 Å². The summed E-state index contributed by atoms with van der Waals surface area (Å²) in [4.78, 5) is 3.03. The molecular weight excluding hydrogens is 252 g/mol. The first-order valence-electron chi connectivity index (χ1n) is 5.02. The molecule has 1 heterocycles. The molecule has 0 aliphatic rings. The second kappa shape index (κ2) is 4.70. The van der Waals surface area contributed by atoms with Crippen molar-refractivity contribution >= 4 is 23.8 Å². The fraction of sp³-hybridized carbons (Fsp3) is 0.0769. The van der Waals surface area contributed by atoms with Crippen LogP contribution < -0.4 is 0 Å². The first-order chi connectivity index (χ1) is 8.11. The normalized spacial score (nSPS) is 9.94. The summed E-state index contributed by atoms with van der Waals surface area (Å²) in [7, 11) is 0. The molecule has 17 heavy (non-hydrogen) atoms. The molecule has 4 heteroatoms.